The average molecular weight is 321 g/mol. The molecular formula is C17H24FN3O2. The van der Waals surface area contributed by atoms with E-state index in [1.54, 1.807) is 19.2 Å². The molecule has 0 bridgehead atoms. The molecule has 1 heterocycles. The molecule has 1 aliphatic carbocycles. The van der Waals surface area contributed by atoms with Crippen molar-refractivity contribution in [1.29, 1.82) is 0 Å². The van der Waals surface area contributed by atoms with E-state index in [4.69, 9.17) is 0 Å². The maximum Gasteiger partial charge on any atom is 0.321 e. The number of aliphatic hydroxyl groups is 1. The summed E-state index contributed by atoms with van der Waals surface area (Å²) in [6.07, 6.45) is 3.76. The van der Waals surface area contributed by atoms with E-state index in [2.05, 4.69) is 5.32 Å². The lowest BCUT2D eigenvalue weighted by atomic mass is 10.2. The molecule has 5 nitrogen and oxygen atoms in total. The van der Waals surface area contributed by atoms with E-state index in [0.717, 1.165) is 38.8 Å². The number of carbonyl (C=O) groups is 1. The third-order valence-corrected chi connectivity index (χ3v) is 4.62. The molecular weight excluding hydrogens is 297 g/mol. The number of urea groups is 1. The molecule has 126 valence electrons. The first-order valence-electron chi connectivity index (χ1n) is 8.29. The first kappa shape index (κ1) is 16.1. The summed E-state index contributed by atoms with van der Waals surface area (Å²) in [6.45, 7) is 2.06. The molecule has 1 aliphatic heterocycles. The molecule has 1 saturated heterocycles. The van der Waals surface area contributed by atoms with Crippen LogP contribution in [0, 0.1) is 11.7 Å². The van der Waals surface area contributed by atoms with Crippen LogP contribution in [0.25, 0.3) is 0 Å². The molecule has 1 atom stereocenters. The Bertz CT molecular complexity index is 571. The Labute approximate surface area is 136 Å². The Morgan fingerprint density at radius 1 is 1.43 bits per heavy atom. The second-order valence-corrected chi connectivity index (χ2v) is 6.58. The molecule has 2 amide bonds. The van der Waals surface area contributed by atoms with E-state index in [-0.39, 0.29) is 11.8 Å². The lowest BCUT2D eigenvalue weighted by molar-refractivity contribution is 0.117. The van der Waals surface area contributed by atoms with Gasteiger partial charge < -0.3 is 20.2 Å². The number of benzene rings is 1. The number of nitrogens with one attached hydrogen (secondary N) is 1. The van der Waals surface area contributed by atoms with Crippen molar-refractivity contribution in [2.24, 2.45) is 5.92 Å². The van der Waals surface area contributed by atoms with E-state index in [1.165, 1.54) is 11.0 Å². The molecule has 0 spiro atoms. The SMILES string of the molecule is CN(CC(O)C1CC1)C(=O)Nc1ccc(N2CCCC2)c(F)c1. The summed E-state index contributed by atoms with van der Waals surface area (Å²) in [6, 6.07) is 4.46. The van der Waals surface area contributed by atoms with Gasteiger partial charge in [-0.05, 0) is 49.8 Å². The van der Waals surface area contributed by atoms with Crippen LogP contribution in [0.4, 0.5) is 20.6 Å². The van der Waals surface area contributed by atoms with Gasteiger partial charge >= 0.3 is 6.03 Å². The Hall–Kier alpha value is -1.82. The van der Waals surface area contributed by atoms with Crippen LogP contribution in [0.15, 0.2) is 18.2 Å². The summed E-state index contributed by atoms with van der Waals surface area (Å²) in [5.41, 5.74) is 1.03. The highest BCUT2D eigenvalue weighted by molar-refractivity contribution is 5.89. The lowest BCUT2D eigenvalue weighted by Crippen LogP contribution is -2.38. The van der Waals surface area contributed by atoms with Crippen LogP contribution in [0.5, 0.6) is 0 Å². The molecule has 3 rings (SSSR count). The van der Waals surface area contributed by atoms with Gasteiger partial charge in [-0.15, -0.1) is 0 Å². The molecule has 2 aliphatic rings. The first-order valence-corrected chi connectivity index (χ1v) is 8.29. The summed E-state index contributed by atoms with van der Waals surface area (Å²) < 4.78 is 14.2. The van der Waals surface area contributed by atoms with Crippen LogP contribution in [0.3, 0.4) is 0 Å². The molecule has 0 aromatic heterocycles. The van der Waals surface area contributed by atoms with Crippen molar-refractivity contribution >= 4 is 17.4 Å². The maximum absolute atomic E-state index is 14.2. The third-order valence-electron chi connectivity index (χ3n) is 4.62. The third kappa shape index (κ3) is 3.93. The van der Waals surface area contributed by atoms with Gasteiger partial charge in [-0.25, -0.2) is 9.18 Å². The van der Waals surface area contributed by atoms with Crippen LogP contribution in [0.1, 0.15) is 25.7 Å². The second kappa shape index (κ2) is 6.74. The minimum atomic E-state index is -0.472. The maximum atomic E-state index is 14.2. The fourth-order valence-electron chi connectivity index (χ4n) is 3.01. The number of aliphatic hydroxyl groups excluding tert-OH is 1. The largest absolute Gasteiger partial charge is 0.391 e. The summed E-state index contributed by atoms with van der Waals surface area (Å²) in [4.78, 5) is 15.6. The standard InChI is InChI=1S/C17H24FN3O2/c1-20(11-16(22)12-4-5-12)17(23)19-13-6-7-15(14(18)10-13)21-8-2-3-9-21/h6-7,10,12,16,22H,2-5,8-9,11H2,1H3,(H,19,23). The average Bonchev–Trinajstić information content (AvgIpc) is 3.23. The van der Waals surface area contributed by atoms with E-state index in [1.807, 2.05) is 4.90 Å². The number of halogens is 1. The summed E-state index contributed by atoms with van der Waals surface area (Å²) in [5, 5.41) is 12.6. The summed E-state index contributed by atoms with van der Waals surface area (Å²) in [5.74, 6) is 0.00723. The quantitative estimate of drug-likeness (QED) is 0.876. The Morgan fingerprint density at radius 3 is 2.74 bits per heavy atom. The number of nitrogens with zero attached hydrogens (tertiary/aromatic N) is 2. The van der Waals surface area contributed by atoms with E-state index in [9.17, 15) is 14.3 Å². The van der Waals surface area contributed by atoms with Crippen molar-refractivity contribution in [3.05, 3.63) is 24.0 Å². The smallest absolute Gasteiger partial charge is 0.321 e. The molecule has 23 heavy (non-hydrogen) atoms. The number of likely N-dealkylation sites (N-methyl/N-ethyl adjacent to an activating group) is 1. The molecule has 1 aromatic carbocycles. The Kier molecular flexibility index (Phi) is 4.71. The Balaban J connectivity index is 1.58. The topological polar surface area (TPSA) is 55.8 Å². The fraction of sp³-hybridized carbons (Fsp3) is 0.588. The van der Waals surface area contributed by atoms with Gasteiger partial charge in [0.2, 0.25) is 0 Å². The number of rotatable bonds is 5. The number of carbonyl (C=O) groups excluding carboxylic acids is 1. The van der Waals surface area contributed by atoms with Crippen molar-refractivity contribution in [3.63, 3.8) is 0 Å². The van der Waals surface area contributed by atoms with Gasteiger partial charge in [0.05, 0.1) is 11.8 Å². The highest BCUT2D eigenvalue weighted by atomic mass is 19.1. The second-order valence-electron chi connectivity index (χ2n) is 6.58. The van der Waals surface area contributed by atoms with Crippen LogP contribution in [-0.4, -0.2) is 48.8 Å². The monoisotopic (exact) mass is 321 g/mol. The number of amides is 2. The van der Waals surface area contributed by atoms with Crippen molar-refractivity contribution in [2.45, 2.75) is 31.8 Å². The van der Waals surface area contributed by atoms with Crippen LogP contribution < -0.4 is 10.2 Å². The lowest BCUT2D eigenvalue weighted by Gasteiger charge is -2.22. The van der Waals surface area contributed by atoms with Crippen LogP contribution in [0.2, 0.25) is 0 Å². The number of anilines is 2. The zero-order chi connectivity index (χ0) is 16.4. The van der Waals surface area contributed by atoms with Gasteiger partial charge in [-0.3, -0.25) is 0 Å². The minimum absolute atomic E-state index is 0.296. The molecule has 6 heteroatoms. The predicted octanol–water partition coefficient (Wildman–Crippen LogP) is 2.66. The molecule has 2 fully saturated rings. The summed E-state index contributed by atoms with van der Waals surface area (Å²) >= 11 is 0. The van der Waals surface area contributed by atoms with Crippen LogP contribution >= 0.6 is 0 Å². The highest BCUT2D eigenvalue weighted by Gasteiger charge is 2.31. The molecule has 1 unspecified atom stereocenters. The van der Waals surface area contributed by atoms with Crippen molar-refractivity contribution < 1.29 is 14.3 Å². The van der Waals surface area contributed by atoms with E-state index < -0.39 is 6.10 Å². The van der Waals surface area contributed by atoms with Gasteiger partial charge in [-0.2, -0.15) is 0 Å². The van der Waals surface area contributed by atoms with Gasteiger partial charge in [0.25, 0.3) is 0 Å². The Morgan fingerprint density at radius 2 is 2.13 bits per heavy atom. The number of hydrogen-bond donors (Lipinski definition) is 2. The molecule has 2 N–H and O–H groups in total. The summed E-state index contributed by atoms with van der Waals surface area (Å²) in [7, 11) is 1.63. The highest BCUT2D eigenvalue weighted by Crippen LogP contribution is 2.32. The van der Waals surface area contributed by atoms with Crippen LogP contribution in [-0.2, 0) is 0 Å². The molecule has 1 saturated carbocycles. The van der Waals surface area contributed by atoms with Crippen molar-refractivity contribution in [2.75, 3.05) is 36.9 Å². The molecule has 0 radical (unpaired) electrons. The fourth-order valence-corrected chi connectivity index (χ4v) is 3.01. The van der Waals surface area contributed by atoms with E-state index >= 15 is 0 Å². The predicted molar refractivity (Wildman–Crippen MR) is 88.2 cm³/mol. The number of hydrogen-bond acceptors (Lipinski definition) is 3. The van der Waals surface area contributed by atoms with Gasteiger partial charge in [0, 0.05) is 32.4 Å². The molecule has 1 aromatic rings. The first-order chi connectivity index (χ1) is 11.0. The van der Waals surface area contributed by atoms with Gasteiger partial charge in [0.1, 0.15) is 5.82 Å². The van der Waals surface area contributed by atoms with E-state index in [0.29, 0.717) is 23.8 Å². The van der Waals surface area contributed by atoms with Crippen molar-refractivity contribution in [1.82, 2.24) is 4.90 Å². The zero-order valence-corrected chi connectivity index (χ0v) is 13.5. The van der Waals surface area contributed by atoms with Crippen molar-refractivity contribution in [3.8, 4) is 0 Å². The van der Waals surface area contributed by atoms with Gasteiger partial charge in [0.15, 0.2) is 0 Å². The van der Waals surface area contributed by atoms with Gasteiger partial charge in [-0.1, -0.05) is 0 Å². The minimum Gasteiger partial charge on any atom is -0.391 e. The zero-order valence-electron chi connectivity index (χ0n) is 13.5. The normalized spacial score (nSPS) is 18.8.